The molecule has 0 unspecified atom stereocenters. The van der Waals surface area contributed by atoms with Crippen molar-refractivity contribution in [3.8, 4) is 0 Å². The highest BCUT2D eigenvalue weighted by atomic mass is 16.5. The smallest absolute Gasteiger partial charge is 0.248 e. The van der Waals surface area contributed by atoms with E-state index in [1.807, 2.05) is 4.90 Å². The lowest BCUT2D eigenvalue weighted by Gasteiger charge is -2.24. The number of carbonyl (C=O) groups excluding carboxylic acids is 1. The van der Waals surface area contributed by atoms with Gasteiger partial charge < -0.3 is 15.0 Å². The SMILES string of the molecule is O=C(COC1CCCCC1)N1CCCNCC1. The average Bonchev–Trinajstić information content (AvgIpc) is 2.66. The molecule has 4 nitrogen and oxygen atoms in total. The van der Waals surface area contributed by atoms with Gasteiger partial charge in [0, 0.05) is 19.6 Å². The van der Waals surface area contributed by atoms with E-state index in [0.29, 0.717) is 6.10 Å². The Bertz CT molecular complexity index is 232. The van der Waals surface area contributed by atoms with E-state index in [1.54, 1.807) is 0 Å². The molecule has 1 heterocycles. The Balaban J connectivity index is 1.68. The molecular weight excluding hydrogens is 216 g/mol. The van der Waals surface area contributed by atoms with Crippen LogP contribution < -0.4 is 5.32 Å². The summed E-state index contributed by atoms with van der Waals surface area (Å²) in [7, 11) is 0. The first-order valence-electron chi connectivity index (χ1n) is 6.96. The number of hydrogen-bond donors (Lipinski definition) is 1. The number of nitrogens with zero attached hydrogens (tertiary/aromatic N) is 1. The quantitative estimate of drug-likeness (QED) is 0.805. The Morgan fingerprint density at radius 2 is 1.94 bits per heavy atom. The van der Waals surface area contributed by atoms with Gasteiger partial charge in [-0.2, -0.15) is 0 Å². The van der Waals surface area contributed by atoms with E-state index in [-0.39, 0.29) is 12.5 Å². The predicted octanol–water partition coefficient (Wildman–Crippen LogP) is 1.16. The summed E-state index contributed by atoms with van der Waals surface area (Å²) >= 11 is 0. The molecule has 1 amide bonds. The molecule has 0 aromatic carbocycles. The lowest BCUT2D eigenvalue weighted by molar-refractivity contribution is -0.138. The minimum Gasteiger partial charge on any atom is -0.368 e. The minimum atomic E-state index is 0.166. The van der Waals surface area contributed by atoms with Gasteiger partial charge in [0.05, 0.1) is 6.10 Å². The topological polar surface area (TPSA) is 41.6 Å². The van der Waals surface area contributed by atoms with E-state index in [4.69, 9.17) is 4.74 Å². The summed E-state index contributed by atoms with van der Waals surface area (Å²) in [6, 6.07) is 0. The summed E-state index contributed by atoms with van der Waals surface area (Å²) in [5, 5.41) is 3.30. The van der Waals surface area contributed by atoms with Crippen LogP contribution in [0.3, 0.4) is 0 Å². The van der Waals surface area contributed by atoms with E-state index >= 15 is 0 Å². The molecule has 1 N–H and O–H groups in total. The lowest BCUT2D eigenvalue weighted by Crippen LogP contribution is -2.37. The van der Waals surface area contributed by atoms with Crippen molar-refractivity contribution in [2.45, 2.75) is 44.6 Å². The van der Waals surface area contributed by atoms with Crippen LogP contribution in [0.2, 0.25) is 0 Å². The summed E-state index contributed by atoms with van der Waals surface area (Å²) in [5.74, 6) is 0.166. The maximum atomic E-state index is 12.0. The van der Waals surface area contributed by atoms with Crippen molar-refractivity contribution in [3.05, 3.63) is 0 Å². The zero-order chi connectivity index (χ0) is 11.9. The van der Waals surface area contributed by atoms with Crippen molar-refractivity contribution < 1.29 is 9.53 Å². The van der Waals surface area contributed by atoms with Crippen LogP contribution in [0.5, 0.6) is 0 Å². The average molecular weight is 240 g/mol. The Morgan fingerprint density at radius 3 is 2.76 bits per heavy atom. The van der Waals surface area contributed by atoms with Crippen LogP contribution >= 0.6 is 0 Å². The molecule has 1 saturated heterocycles. The molecule has 2 aliphatic rings. The highest BCUT2D eigenvalue weighted by Gasteiger charge is 2.19. The molecule has 0 atom stereocenters. The van der Waals surface area contributed by atoms with Gasteiger partial charge in [0.2, 0.25) is 5.91 Å². The highest BCUT2D eigenvalue weighted by Crippen LogP contribution is 2.20. The molecule has 2 rings (SSSR count). The molecule has 1 aliphatic heterocycles. The second-order valence-electron chi connectivity index (χ2n) is 5.06. The van der Waals surface area contributed by atoms with Crippen LogP contribution in [-0.2, 0) is 9.53 Å². The van der Waals surface area contributed by atoms with E-state index in [1.165, 1.54) is 19.3 Å². The van der Waals surface area contributed by atoms with Crippen molar-refractivity contribution in [1.29, 1.82) is 0 Å². The summed E-state index contributed by atoms with van der Waals surface area (Å²) in [6.45, 7) is 3.92. The summed E-state index contributed by atoms with van der Waals surface area (Å²) in [5.41, 5.74) is 0. The largest absolute Gasteiger partial charge is 0.368 e. The van der Waals surface area contributed by atoms with Crippen molar-refractivity contribution in [2.24, 2.45) is 0 Å². The molecule has 0 radical (unpaired) electrons. The van der Waals surface area contributed by atoms with Crippen molar-refractivity contribution in [3.63, 3.8) is 0 Å². The number of amides is 1. The second kappa shape index (κ2) is 6.97. The second-order valence-corrected chi connectivity index (χ2v) is 5.06. The fraction of sp³-hybridized carbons (Fsp3) is 0.923. The Morgan fingerprint density at radius 1 is 1.12 bits per heavy atom. The lowest BCUT2D eigenvalue weighted by atomic mass is 9.98. The first-order chi connectivity index (χ1) is 8.36. The predicted molar refractivity (Wildman–Crippen MR) is 66.9 cm³/mol. The van der Waals surface area contributed by atoms with Gasteiger partial charge in [-0.05, 0) is 25.8 Å². The molecule has 0 spiro atoms. The van der Waals surface area contributed by atoms with Gasteiger partial charge in [-0.3, -0.25) is 4.79 Å². The standard InChI is InChI=1S/C13H24N2O2/c16-13(15-9-4-7-14-8-10-15)11-17-12-5-2-1-3-6-12/h12,14H,1-11H2. The number of ether oxygens (including phenoxy) is 1. The fourth-order valence-electron chi connectivity index (χ4n) is 2.61. The third-order valence-electron chi connectivity index (χ3n) is 3.69. The highest BCUT2D eigenvalue weighted by molar-refractivity contribution is 5.77. The molecule has 2 fully saturated rings. The maximum Gasteiger partial charge on any atom is 0.248 e. The molecule has 17 heavy (non-hydrogen) atoms. The van der Waals surface area contributed by atoms with Crippen LogP contribution in [0, 0.1) is 0 Å². The molecule has 0 aromatic heterocycles. The van der Waals surface area contributed by atoms with Crippen molar-refractivity contribution in [2.75, 3.05) is 32.8 Å². The van der Waals surface area contributed by atoms with Crippen molar-refractivity contribution >= 4 is 5.91 Å². The van der Waals surface area contributed by atoms with Crippen LogP contribution in [0.4, 0.5) is 0 Å². The summed E-state index contributed by atoms with van der Waals surface area (Å²) in [6.07, 6.45) is 7.49. The van der Waals surface area contributed by atoms with Crippen LogP contribution in [0.1, 0.15) is 38.5 Å². The van der Waals surface area contributed by atoms with Crippen molar-refractivity contribution in [1.82, 2.24) is 10.2 Å². The Hall–Kier alpha value is -0.610. The first-order valence-corrected chi connectivity index (χ1v) is 6.96. The van der Waals surface area contributed by atoms with Crippen LogP contribution in [0.15, 0.2) is 0 Å². The molecule has 0 bridgehead atoms. The Kier molecular flexibility index (Phi) is 5.26. The number of hydrogen-bond acceptors (Lipinski definition) is 3. The molecular formula is C13H24N2O2. The maximum absolute atomic E-state index is 12.0. The van der Waals surface area contributed by atoms with Gasteiger partial charge in [-0.1, -0.05) is 19.3 Å². The van der Waals surface area contributed by atoms with Gasteiger partial charge in [-0.15, -0.1) is 0 Å². The van der Waals surface area contributed by atoms with Crippen LogP contribution in [-0.4, -0.2) is 49.7 Å². The summed E-state index contributed by atoms with van der Waals surface area (Å²) in [4.78, 5) is 13.9. The third-order valence-corrected chi connectivity index (χ3v) is 3.69. The molecule has 98 valence electrons. The normalized spacial score (nSPS) is 23.4. The van der Waals surface area contributed by atoms with E-state index in [0.717, 1.165) is 45.4 Å². The number of rotatable bonds is 3. The fourth-order valence-corrected chi connectivity index (χ4v) is 2.61. The minimum absolute atomic E-state index is 0.166. The number of nitrogens with one attached hydrogen (secondary N) is 1. The van der Waals surface area contributed by atoms with Gasteiger partial charge >= 0.3 is 0 Å². The molecule has 1 saturated carbocycles. The monoisotopic (exact) mass is 240 g/mol. The third kappa shape index (κ3) is 4.28. The zero-order valence-corrected chi connectivity index (χ0v) is 10.6. The molecule has 0 aromatic rings. The van der Waals surface area contributed by atoms with Gasteiger partial charge in [0.1, 0.15) is 6.61 Å². The Labute approximate surface area is 104 Å². The summed E-state index contributed by atoms with van der Waals surface area (Å²) < 4.78 is 5.73. The van der Waals surface area contributed by atoms with E-state index in [2.05, 4.69) is 5.32 Å². The van der Waals surface area contributed by atoms with Crippen LogP contribution in [0.25, 0.3) is 0 Å². The van der Waals surface area contributed by atoms with E-state index in [9.17, 15) is 4.79 Å². The van der Waals surface area contributed by atoms with Gasteiger partial charge in [0.25, 0.3) is 0 Å². The zero-order valence-electron chi connectivity index (χ0n) is 10.6. The molecule has 1 aliphatic carbocycles. The van der Waals surface area contributed by atoms with Gasteiger partial charge in [-0.25, -0.2) is 0 Å². The number of carbonyl (C=O) groups is 1. The first kappa shape index (κ1) is 12.8. The molecule has 4 heteroatoms. The van der Waals surface area contributed by atoms with Gasteiger partial charge in [0.15, 0.2) is 0 Å². The van der Waals surface area contributed by atoms with E-state index < -0.39 is 0 Å².